The number of hydrazone groups is 1. The fourth-order valence-electron chi connectivity index (χ4n) is 3.37. The maximum absolute atomic E-state index is 13.3. The number of nitro groups is 1. The van der Waals surface area contributed by atoms with Gasteiger partial charge in [0.15, 0.2) is 5.78 Å². The van der Waals surface area contributed by atoms with Gasteiger partial charge in [0.2, 0.25) is 0 Å². The first-order chi connectivity index (χ1) is 15.0. The summed E-state index contributed by atoms with van der Waals surface area (Å²) in [5.74, 6) is -1.67. The summed E-state index contributed by atoms with van der Waals surface area (Å²) in [5.41, 5.74) is 1.25. The number of hydrogen-bond donors (Lipinski definition) is 0. The highest BCUT2D eigenvalue weighted by atomic mass is 16.6. The number of Topliss-reactive ketones (excluding diaryl/α,β-unsaturated/α-hetero) is 1. The minimum Gasteiger partial charge on any atom is -0.497 e. The Kier molecular flexibility index (Phi) is 5.28. The molecule has 1 aliphatic rings. The van der Waals surface area contributed by atoms with E-state index in [9.17, 15) is 19.7 Å². The number of methoxy groups -OCH3 is 1. The Labute approximate surface area is 177 Å². The van der Waals surface area contributed by atoms with Crippen LogP contribution in [0.5, 0.6) is 5.75 Å². The highest BCUT2D eigenvalue weighted by Gasteiger charge is 2.42. The fourth-order valence-corrected chi connectivity index (χ4v) is 3.37. The Morgan fingerprint density at radius 1 is 1.03 bits per heavy atom. The molecule has 1 heterocycles. The molecule has 0 bridgehead atoms. The summed E-state index contributed by atoms with van der Waals surface area (Å²) in [6.45, 7) is 0. The lowest BCUT2D eigenvalue weighted by Crippen LogP contribution is -2.33. The maximum Gasteiger partial charge on any atom is 0.270 e. The molecule has 1 aliphatic heterocycles. The Balaban J connectivity index is 1.77. The first-order valence-electron chi connectivity index (χ1n) is 9.40. The van der Waals surface area contributed by atoms with Crippen LogP contribution in [0.3, 0.4) is 0 Å². The van der Waals surface area contributed by atoms with Gasteiger partial charge in [-0.3, -0.25) is 19.7 Å². The van der Waals surface area contributed by atoms with Crippen molar-refractivity contribution >= 4 is 28.8 Å². The molecule has 0 spiro atoms. The molecule has 1 amide bonds. The highest BCUT2D eigenvalue weighted by molar-refractivity contribution is 6.34. The third-order valence-corrected chi connectivity index (χ3v) is 4.93. The SMILES string of the molecule is COc1ccc(N2N=C(c3ccccc3)C(C(=O)c3cccc([N+](=O)[O-])c3)C2=O)cc1. The topological polar surface area (TPSA) is 102 Å². The molecule has 0 N–H and O–H groups in total. The van der Waals surface area contributed by atoms with E-state index in [0.717, 1.165) is 0 Å². The number of amides is 1. The van der Waals surface area contributed by atoms with Gasteiger partial charge in [-0.2, -0.15) is 10.1 Å². The van der Waals surface area contributed by atoms with Crippen LogP contribution >= 0.6 is 0 Å². The van der Waals surface area contributed by atoms with Gasteiger partial charge >= 0.3 is 0 Å². The van der Waals surface area contributed by atoms with Gasteiger partial charge in [-0.25, -0.2) is 0 Å². The molecule has 0 saturated heterocycles. The summed E-state index contributed by atoms with van der Waals surface area (Å²) in [5, 5.41) is 16.8. The Bertz CT molecular complexity index is 1190. The van der Waals surface area contributed by atoms with Crippen molar-refractivity contribution in [2.45, 2.75) is 0 Å². The molecule has 8 nitrogen and oxygen atoms in total. The molecular weight excluding hydrogens is 398 g/mol. The summed E-state index contributed by atoms with van der Waals surface area (Å²) in [7, 11) is 1.54. The van der Waals surface area contributed by atoms with Crippen LogP contribution in [0.25, 0.3) is 0 Å². The summed E-state index contributed by atoms with van der Waals surface area (Å²) in [6, 6.07) is 21.0. The average molecular weight is 415 g/mol. The van der Waals surface area contributed by atoms with Crippen molar-refractivity contribution in [2.24, 2.45) is 11.0 Å². The molecule has 0 aromatic heterocycles. The minimum absolute atomic E-state index is 0.0766. The normalized spacial score (nSPS) is 15.5. The number of carbonyl (C=O) groups excluding carboxylic acids is 2. The molecule has 31 heavy (non-hydrogen) atoms. The molecular formula is C23H17N3O5. The number of ether oxygens (including phenoxy) is 1. The van der Waals surface area contributed by atoms with Gasteiger partial charge < -0.3 is 4.74 Å². The zero-order chi connectivity index (χ0) is 22.0. The van der Waals surface area contributed by atoms with Crippen LogP contribution < -0.4 is 9.75 Å². The van der Waals surface area contributed by atoms with Gasteiger partial charge in [0, 0.05) is 17.7 Å². The second-order valence-electron chi connectivity index (χ2n) is 6.80. The number of nitrogens with zero attached hydrogens (tertiary/aromatic N) is 3. The van der Waals surface area contributed by atoms with E-state index < -0.39 is 22.5 Å². The lowest BCUT2D eigenvalue weighted by atomic mass is 9.89. The lowest BCUT2D eigenvalue weighted by molar-refractivity contribution is -0.384. The molecule has 0 saturated carbocycles. The third kappa shape index (κ3) is 3.78. The quantitative estimate of drug-likeness (QED) is 0.263. The predicted octanol–water partition coefficient (Wildman–Crippen LogP) is 3.85. The van der Waals surface area contributed by atoms with Crippen molar-refractivity contribution in [3.05, 3.63) is 100 Å². The van der Waals surface area contributed by atoms with E-state index in [4.69, 9.17) is 4.74 Å². The summed E-state index contributed by atoms with van der Waals surface area (Å²) >= 11 is 0. The molecule has 1 atom stereocenters. The minimum atomic E-state index is -1.22. The van der Waals surface area contributed by atoms with Gasteiger partial charge in [-0.05, 0) is 29.8 Å². The molecule has 3 aromatic carbocycles. The van der Waals surface area contributed by atoms with Gasteiger partial charge in [-0.15, -0.1) is 0 Å². The Hall–Kier alpha value is -4.33. The first kappa shape index (κ1) is 20.0. The average Bonchev–Trinajstić information content (AvgIpc) is 3.16. The first-order valence-corrected chi connectivity index (χ1v) is 9.40. The van der Waals surface area contributed by atoms with Crippen LogP contribution in [-0.2, 0) is 4.79 Å². The van der Waals surface area contributed by atoms with E-state index in [1.54, 1.807) is 48.5 Å². The van der Waals surface area contributed by atoms with Crippen LogP contribution in [0.15, 0.2) is 84.0 Å². The van der Waals surface area contributed by atoms with Crippen molar-refractivity contribution in [1.82, 2.24) is 0 Å². The Morgan fingerprint density at radius 2 is 1.74 bits per heavy atom. The molecule has 4 rings (SSSR count). The van der Waals surface area contributed by atoms with Gasteiger partial charge in [-0.1, -0.05) is 42.5 Å². The molecule has 0 fully saturated rings. The number of benzene rings is 3. The number of hydrogen-bond acceptors (Lipinski definition) is 6. The van der Waals surface area contributed by atoms with Crippen LogP contribution in [0.4, 0.5) is 11.4 Å². The fraction of sp³-hybridized carbons (Fsp3) is 0.0870. The second kappa shape index (κ2) is 8.19. The highest BCUT2D eigenvalue weighted by Crippen LogP contribution is 2.30. The maximum atomic E-state index is 13.3. The van der Waals surface area contributed by atoms with Crippen molar-refractivity contribution in [1.29, 1.82) is 0 Å². The van der Waals surface area contributed by atoms with E-state index in [1.165, 1.54) is 36.4 Å². The van der Waals surface area contributed by atoms with Crippen molar-refractivity contribution in [3.63, 3.8) is 0 Å². The molecule has 1 unspecified atom stereocenters. The van der Waals surface area contributed by atoms with Crippen LogP contribution in [0.2, 0.25) is 0 Å². The monoisotopic (exact) mass is 415 g/mol. The number of nitro benzene ring substituents is 1. The van der Waals surface area contributed by atoms with E-state index in [0.29, 0.717) is 17.0 Å². The van der Waals surface area contributed by atoms with Crippen LogP contribution in [0, 0.1) is 16.0 Å². The van der Waals surface area contributed by atoms with Crippen molar-refractivity contribution in [3.8, 4) is 5.75 Å². The van der Waals surface area contributed by atoms with Crippen LogP contribution in [0.1, 0.15) is 15.9 Å². The van der Waals surface area contributed by atoms with Crippen LogP contribution in [-0.4, -0.2) is 29.4 Å². The van der Waals surface area contributed by atoms with E-state index in [-0.39, 0.29) is 17.0 Å². The van der Waals surface area contributed by atoms with Crippen molar-refractivity contribution in [2.75, 3.05) is 12.1 Å². The number of non-ortho nitro benzene ring substituents is 1. The van der Waals surface area contributed by atoms with E-state index in [1.807, 2.05) is 6.07 Å². The van der Waals surface area contributed by atoms with E-state index in [2.05, 4.69) is 5.10 Å². The number of carbonyl (C=O) groups is 2. The predicted molar refractivity (Wildman–Crippen MR) is 114 cm³/mol. The third-order valence-electron chi connectivity index (χ3n) is 4.93. The van der Waals surface area contributed by atoms with E-state index >= 15 is 0 Å². The molecule has 0 radical (unpaired) electrons. The number of rotatable bonds is 6. The lowest BCUT2D eigenvalue weighted by Gasteiger charge is -2.14. The molecule has 8 heteroatoms. The second-order valence-corrected chi connectivity index (χ2v) is 6.80. The largest absolute Gasteiger partial charge is 0.497 e. The summed E-state index contributed by atoms with van der Waals surface area (Å²) < 4.78 is 5.15. The van der Waals surface area contributed by atoms with Gasteiger partial charge in [0.25, 0.3) is 11.6 Å². The van der Waals surface area contributed by atoms with Crippen molar-refractivity contribution < 1.29 is 19.2 Å². The van der Waals surface area contributed by atoms with Gasteiger partial charge in [0.1, 0.15) is 11.7 Å². The molecule has 3 aromatic rings. The molecule has 0 aliphatic carbocycles. The van der Waals surface area contributed by atoms with Gasteiger partial charge in [0.05, 0.1) is 23.4 Å². The standard InChI is InChI=1S/C23H17N3O5/c1-31-19-12-10-17(11-13-19)25-23(28)20(21(24-25)15-6-3-2-4-7-15)22(27)16-8-5-9-18(14-16)26(29)30/h2-14,20H,1H3. The smallest absolute Gasteiger partial charge is 0.270 e. The summed E-state index contributed by atoms with van der Waals surface area (Å²) in [4.78, 5) is 37.2. The molecule has 154 valence electrons. The number of ketones is 1. The summed E-state index contributed by atoms with van der Waals surface area (Å²) in [6.07, 6.45) is 0. The zero-order valence-corrected chi connectivity index (χ0v) is 16.5. The number of anilines is 1. The zero-order valence-electron chi connectivity index (χ0n) is 16.5. The Morgan fingerprint density at radius 3 is 2.39 bits per heavy atom.